The number of rotatable bonds is 3. The van der Waals surface area contributed by atoms with Crippen molar-refractivity contribution in [3.63, 3.8) is 0 Å². The van der Waals surface area contributed by atoms with E-state index in [1.165, 1.54) is 60.3 Å². The fraction of sp³-hybridized carbons (Fsp3) is 0.172. The quantitative estimate of drug-likeness (QED) is 0.289. The largest absolute Gasteiger partial charge is 0.341 e. The molecule has 2 nitrogen and oxygen atoms in total. The maximum atomic E-state index is 2.54. The van der Waals surface area contributed by atoms with Gasteiger partial charge in [0.2, 0.25) is 0 Å². The van der Waals surface area contributed by atoms with Gasteiger partial charge in [-0.15, -0.1) is 0 Å². The highest BCUT2D eigenvalue weighted by atomic mass is 15.0. The molecule has 0 fully saturated rings. The molecule has 6 aromatic rings. The van der Waals surface area contributed by atoms with Crippen LogP contribution in [0.3, 0.4) is 0 Å². The first-order valence-electron chi connectivity index (χ1n) is 11.1. The van der Waals surface area contributed by atoms with Gasteiger partial charge in [0, 0.05) is 45.7 Å². The van der Waals surface area contributed by atoms with Gasteiger partial charge in [-0.05, 0) is 44.5 Å². The van der Waals surface area contributed by atoms with Gasteiger partial charge in [-0.25, -0.2) is 0 Å². The zero-order valence-corrected chi connectivity index (χ0v) is 18.3. The summed E-state index contributed by atoms with van der Waals surface area (Å²) in [7, 11) is 0. The van der Waals surface area contributed by atoms with E-state index >= 15 is 0 Å². The first-order chi connectivity index (χ1) is 15.2. The van der Waals surface area contributed by atoms with Gasteiger partial charge in [-0.2, -0.15) is 0 Å². The van der Waals surface area contributed by atoms with E-state index in [1.54, 1.807) is 0 Å². The van der Waals surface area contributed by atoms with Crippen LogP contribution in [-0.4, -0.2) is 9.13 Å². The highest BCUT2D eigenvalue weighted by molar-refractivity contribution is 6.25. The van der Waals surface area contributed by atoms with E-state index in [1.807, 2.05) is 0 Å². The second kappa shape index (κ2) is 6.75. The number of fused-ring (bicyclic) bond motifs is 7. The summed E-state index contributed by atoms with van der Waals surface area (Å²) < 4.78 is 4.98. The monoisotopic (exact) mass is 402 g/mol. The smallest absolute Gasteiger partial charge is 0.0596 e. The van der Waals surface area contributed by atoms with Gasteiger partial charge < -0.3 is 9.13 Å². The first-order valence-corrected chi connectivity index (χ1v) is 11.1. The standard InChI is InChI=1S/C29H26N2/c1-4-30-26-12-8-6-10-24(26)28-27(30)14-13-23-22-9-5-7-11-25(22)31(29(23)28)18-21-16-19(2)15-20(3)17-21/h5-17H,4,18H2,1-3H3. The Kier molecular flexibility index (Phi) is 3.97. The first kappa shape index (κ1) is 18.3. The number of nitrogens with zero attached hydrogens (tertiary/aromatic N) is 2. The van der Waals surface area contributed by atoms with Gasteiger partial charge in [0.25, 0.3) is 0 Å². The topological polar surface area (TPSA) is 9.86 Å². The van der Waals surface area contributed by atoms with Crippen LogP contribution in [0.25, 0.3) is 43.6 Å². The lowest BCUT2D eigenvalue weighted by Crippen LogP contribution is -2.01. The molecule has 0 radical (unpaired) electrons. The van der Waals surface area contributed by atoms with Gasteiger partial charge in [0.15, 0.2) is 0 Å². The van der Waals surface area contributed by atoms with Crippen LogP contribution in [0, 0.1) is 13.8 Å². The number of benzene rings is 4. The maximum Gasteiger partial charge on any atom is 0.0596 e. The van der Waals surface area contributed by atoms with Crippen LogP contribution >= 0.6 is 0 Å². The predicted molar refractivity (Wildman–Crippen MR) is 133 cm³/mol. The molecule has 2 aromatic heterocycles. The van der Waals surface area contributed by atoms with E-state index in [0.717, 1.165) is 13.1 Å². The Morgan fingerprint density at radius 2 is 1.26 bits per heavy atom. The molecule has 2 heteroatoms. The van der Waals surface area contributed by atoms with Crippen molar-refractivity contribution in [1.82, 2.24) is 9.13 Å². The molecule has 0 saturated heterocycles. The maximum absolute atomic E-state index is 2.54. The van der Waals surface area contributed by atoms with Crippen LogP contribution in [0.1, 0.15) is 23.6 Å². The Morgan fingerprint density at radius 3 is 1.97 bits per heavy atom. The summed E-state index contributed by atoms with van der Waals surface area (Å²) in [5, 5.41) is 5.38. The predicted octanol–water partition coefficient (Wildman–Crippen LogP) is 7.59. The lowest BCUT2D eigenvalue weighted by molar-refractivity contribution is 0.827. The molecule has 0 atom stereocenters. The molecule has 6 rings (SSSR count). The molecule has 0 saturated carbocycles. The molecule has 0 aliphatic heterocycles. The van der Waals surface area contributed by atoms with E-state index in [4.69, 9.17) is 0 Å². The van der Waals surface area contributed by atoms with Gasteiger partial charge >= 0.3 is 0 Å². The Balaban J connectivity index is 1.79. The van der Waals surface area contributed by atoms with Crippen molar-refractivity contribution in [1.29, 1.82) is 0 Å². The molecule has 0 N–H and O–H groups in total. The summed E-state index contributed by atoms with van der Waals surface area (Å²) in [6.07, 6.45) is 0. The zero-order valence-electron chi connectivity index (χ0n) is 18.3. The van der Waals surface area contributed by atoms with Crippen molar-refractivity contribution in [2.75, 3.05) is 0 Å². The normalized spacial score (nSPS) is 12.0. The van der Waals surface area contributed by atoms with Crippen molar-refractivity contribution in [3.05, 3.63) is 95.6 Å². The van der Waals surface area contributed by atoms with Crippen LogP contribution in [0.5, 0.6) is 0 Å². The van der Waals surface area contributed by atoms with Gasteiger partial charge in [0.05, 0.1) is 11.0 Å². The summed E-state index contributed by atoms with van der Waals surface area (Å²) in [5.41, 5.74) is 9.29. The third-order valence-electron chi connectivity index (χ3n) is 6.60. The summed E-state index contributed by atoms with van der Waals surface area (Å²) in [6, 6.07) is 29.2. The highest BCUT2D eigenvalue weighted by Gasteiger charge is 2.18. The zero-order chi connectivity index (χ0) is 21.1. The Morgan fingerprint density at radius 1 is 0.613 bits per heavy atom. The average Bonchev–Trinajstić information content (AvgIpc) is 3.26. The van der Waals surface area contributed by atoms with E-state index in [2.05, 4.69) is 109 Å². The van der Waals surface area contributed by atoms with E-state index in [0.29, 0.717) is 0 Å². The lowest BCUT2D eigenvalue weighted by Gasteiger charge is -2.11. The van der Waals surface area contributed by atoms with Crippen molar-refractivity contribution < 1.29 is 0 Å². The molecule has 4 aromatic carbocycles. The van der Waals surface area contributed by atoms with Crippen LogP contribution in [0.2, 0.25) is 0 Å². The van der Waals surface area contributed by atoms with Crippen LogP contribution < -0.4 is 0 Å². The molecule has 0 unspecified atom stereocenters. The molecule has 0 bridgehead atoms. The fourth-order valence-corrected chi connectivity index (χ4v) is 5.52. The Labute approximate surface area is 182 Å². The second-order valence-electron chi connectivity index (χ2n) is 8.72. The van der Waals surface area contributed by atoms with Gasteiger partial charge in [-0.1, -0.05) is 71.8 Å². The van der Waals surface area contributed by atoms with Crippen molar-refractivity contribution in [2.24, 2.45) is 0 Å². The molecule has 0 spiro atoms. The minimum absolute atomic E-state index is 0.872. The molecular weight excluding hydrogens is 376 g/mol. The summed E-state index contributed by atoms with van der Waals surface area (Å²) in [4.78, 5) is 0. The van der Waals surface area contributed by atoms with Crippen LogP contribution in [-0.2, 0) is 13.1 Å². The van der Waals surface area contributed by atoms with Gasteiger partial charge in [0.1, 0.15) is 0 Å². The Hall–Kier alpha value is -3.52. The van der Waals surface area contributed by atoms with Crippen molar-refractivity contribution in [3.8, 4) is 0 Å². The third kappa shape index (κ3) is 2.64. The molecule has 31 heavy (non-hydrogen) atoms. The SMILES string of the molecule is CCn1c2ccccc2c2c1ccc1c3ccccc3n(Cc3cc(C)cc(C)c3)c12. The van der Waals surface area contributed by atoms with Crippen molar-refractivity contribution in [2.45, 2.75) is 33.9 Å². The van der Waals surface area contributed by atoms with Crippen LogP contribution in [0.15, 0.2) is 78.9 Å². The Bertz CT molecular complexity index is 1590. The number of aromatic nitrogens is 2. The summed E-state index contributed by atoms with van der Waals surface area (Å²) >= 11 is 0. The molecule has 0 aliphatic rings. The lowest BCUT2D eigenvalue weighted by atomic mass is 10.1. The summed E-state index contributed by atoms with van der Waals surface area (Å²) in [5.74, 6) is 0. The van der Waals surface area contributed by atoms with Crippen molar-refractivity contribution >= 4 is 43.6 Å². The minimum Gasteiger partial charge on any atom is -0.341 e. The molecule has 0 amide bonds. The molecular formula is C29H26N2. The molecule has 0 aliphatic carbocycles. The van der Waals surface area contributed by atoms with E-state index in [-0.39, 0.29) is 0 Å². The molecule has 152 valence electrons. The second-order valence-corrected chi connectivity index (χ2v) is 8.72. The van der Waals surface area contributed by atoms with E-state index < -0.39 is 0 Å². The number of para-hydroxylation sites is 2. The fourth-order valence-electron chi connectivity index (χ4n) is 5.52. The number of aryl methyl sites for hydroxylation is 3. The van der Waals surface area contributed by atoms with E-state index in [9.17, 15) is 0 Å². The average molecular weight is 403 g/mol. The molecule has 2 heterocycles. The number of hydrogen-bond acceptors (Lipinski definition) is 0. The summed E-state index contributed by atoms with van der Waals surface area (Å²) in [6.45, 7) is 8.45. The van der Waals surface area contributed by atoms with Crippen LogP contribution in [0.4, 0.5) is 0 Å². The number of hydrogen-bond donors (Lipinski definition) is 0. The highest BCUT2D eigenvalue weighted by Crippen LogP contribution is 2.39. The third-order valence-corrected chi connectivity index (χ3v) is 6.60. The van der Waals surface area contributed by atoms with Gasteiger partial charge in [-0.3, -0.25) is 0 Å². The minimum atomic E-state index is 0.872.